The number of nitriles is 1. The maximum atomic E-state index is 13.6. The van der Waals surface area contributed by atoms with Crippen molar-refractivity contribution >= 4 is 5.97 Å². The molecule has 0 amide bonds. The number of halogens is 1. The van der Waals surface area contributed by atoms with Gasteiger partial charge in [-0.25, -0.2) is 9.18 Å². The maximum absolute atomic E-state index is 13.6. The van der Waals surface area contributed by atoms with Crippen LogP contribution in [0.2, 0.25) is 0 Å². The SMILES string of the molecule is COC(=O)c1c(C#N)ccc(CN)c1F. The molecular weight excluding hydrogens is 199 g/mol. The minimum atomic E-state index is -0.876. The molecule has 2 N–H and O–H groups in total. The number of hydrogen-bond donors (Lipinski definition) is 1. The van der Waals surface area contributed by atoms with Gasteiger partial charge in [0.05, 0.1) is 12.7 Å². The van der Waals surface area contributed by atoms with Gasteiger partial charge in [-0.3, -0.25) is 0 Å². The van der Waals surface area contributed by atoms with Crippen LogP contribution >= 0.6 is 0 Å². The van der Waals surface area contributed by atoms with Gasteiger partial charge in [-0.15, -0.1) is 0 Å². The lowest BCUT2D eigenvalue weighted by Crippen LogP contribution is -2.11. The van der Waals surface area contributed by atoms with Crippen LogP contribution in [0.25, 0.3) is 0 Å². The maximum Gasteiger partial charge on any atom is 0.342 e. The molecule has 0 bridgehead atoms. The van der Waals surface area contributed by atoms with E-state index in [4.69, 9.17) is 11.0 Å². The number of benzene rings is 1. The molecule has 0 radical (unpaired) electrons. The van der Waals surface area contributed by atoms with Crippen molar-refractivity contribution in [3.63, 3.8) is 0 Å². The van der Waals surface area contributed by atoms with Crippen molar-refractivity contribution < 1.29 is 13.9 Å². The Bertz CT molecular complexity index is 438. The van der Waals surface area contributed by atoms with Crippen molar-refractivity contribution in [1.29, 1.82) is 5.26 Å². The van der Waals surface area contributed by atoms with Crippen LogP contribution in [0.3, 0.4) is 0 Å². The fourth-order valence-corrected chi connectivity index (χ4v) is 1.17. The van der Waals surface area contributed by atoms with Crippen LogP contribution in [0.15, 0.2) is 12.1 Å². The molecule has 0 saturated carbocycles. The third kappa shape index (κ3) is 1.95. The first-order chi connectivity index (χ1) is 7.15. The fraction of sp³-hybridized carbons (Fsp3) is 0.200. The molecule has 1 rings (SSSR count). The first-order valence-corrected chi connectivity index (χ1v) is 4.15. The Labute approximate surface area is 86.1 Å². The molecular formula is C10H9FN2O2. The van der Waals surface area contributed by atoms with Gasteiger partial charge in [0, 0.05) is 12.1 Å². The molecule has 0 unspecified atom stereocenters. The summed E-state index contributed by atoms with van der Waals surface area (Å²) in [5.74, 6) is -1.66. The lowest BCUT2D eigenvalue weighted by molar-refractivity contribution is 0.0595. The van der Waals surface area contributed by atoms with E-state index in [1.165, 1.54) is 12.1 Å². The summed E-state index contributed by atoms with van der Waals surface area (Å²) in [6.45, 7) is -0.0401. The second kappa shape index (κ2) is 4.53. The highest BCUT2D eigenvalue weighted by Crippen LogP contribution is 2.18. The summed E-state index contributed by atoms with van der Waals surface area (Å²) in [4.78, 5) is 11.2. The highest BCUT2D eigenvalue weighted by atomic mass is 19.1. The van der Waals surface area contributed by atoms with E-state index in [0.29, 0.717) is 0 Å². The number of methoxy groups -OCH3 is 1. The van der Waals surface area contributed by atoms with E-state index in [1.807, 2.05) is 0 Å². The molecule has 0 aliphatic carbocycles. The van der Waals surface area contributed by atoms with Gasteiger partial charge in [-0.2, -0.15) is 5.26 Å². The van der Waals surface area contributed by atoms with Crippen molar-refractivity contribution in [2.24, 2.45) is 5.73 Å². The van der Waals surface area contributed by atoms with Crippen LogP contribution in [0.1, 0.15) is 21.5 Å². The monoisotopic (exact) mass is 208 g/mol. The Morgan fingerprint density at radius 1 is 1.67 bits per heavy atom. The molecule has 0 fully saturated rings. The smallest absolute Gasteiger partial charge is 0.342 e. The lowest BCUT2D eigenvalue weighted by Gasteiger charge is -2.06. The zero-order valence-electron chi connectivity index (χ0n) is 8.08. The first-order valence-electron chi connectivity index (χ1n) is 4.15. The second-order valence-corrected chi connectivity index (χ2v) is 2.77. The molecule has 0 aliphatic rings. The number of carbonyl (C=O) groups is 1. The van der Waals surface area contributed by atoms with E-state index in [-0.39, 0.29) is 23.2 Å². The van der Waals surface area contributed by atoms with Gasteiger partial charge < -0.3 is 10.5 Å². The van der Waals surface area contributed by atoms with Gasteiger partial charge >= 0.3 is 5.97 Å². The molecule has 15 heavy (non-hydrogen) atoms. The number of esters is 1. The van der Waals surface area contributed by atoms with Gasteiger partial charge in [0.25, 0.3) is 0 Å². The minimum absolute atomic E-state index is 0.0401. The molecule has 0 atom stereocenters. The summed E-state index contributed by atoms with van der Waals surface area (Å²) in [6, 6.07) is 4.44. The Balaban J connectivity index is 3.44. The van der Waals surface area contributed by atoms with Gasteiger partial charge in [0.15, 0.2) is 0 Å². The highest BCUT2D eigenvalue weighted by molar-refractivity contribution is 5.92. The molecule has 4 nitrogen and oxygen atoms in total. The average Bonchev–Trinajstić information content (AvgIpc) is 2.27. The molecule has 0 aromatic heterocycles. The third-order valence-electron chi connectivity index (χ3n) is 1.95. The summed E-state index contributed by atoms with van der Waals surface area (Å²) >= 11 is 0. The largest absolute Gasteiger partial charge is 0.465 e. The predicted octanol–water partition coefficient (Wildman–Crippen LogP) is 0.943. The summed E-state index contributed by atoms with van der Waals surface area (Å²) < 4.78 is 18.0. The summed E-state index contributed by atoms with van der Waals surface area (Å²) in [5.41, 5.74) is 5.04. The van der Waals surface area contributed by atoms with E-state index in [0.717, 1.165) is 7.11 Å². The zero-order chi connectivity index (χ0) is 11.4. The lowest BCUT2D eigenvalue weighted by atomic mass is 10.0. The molecule has 0 spiro atoms. The Hall–Kier alpha value is -1.93. The molecule has 0 heterocycles. The minimum Gasteiger partial charge on any atom is -0.465 e. The zero-order valence-corrected chi connectivity index (χ0v) is 8.08. The molecule has 0 saturated heterocycles. The van der Waals surface area contributed by atoms with Crippen molar-refractivity contribution in [2.75, 3.05) is 7.11 Å². The van der Waals surface area contributed by atoms with E-state index in [9.17, 15) is 9.18 Å². The molecule has 1 aromatic carbocycles. The normalized spacial score (nSPS) is 9.47. The molecule has 1 aromatic rings. The van der Waals surface area contributed by atoms with Gasteiger partial charge in [0.1, 0.15) is 17.4 Å². The Kier molecular flexibility index (Phi) is 3.37. The Morgan fingerprint density at radius 2 is 2.33 bits per heavy atom. The number of nitrogens with zero attached hydrogens (tertiary/aromatic N) is 1. The van der Waals surface area contributed by atoms with E-state index < -0.39 is 11.8 Å². The molecule has 5 heteroatoms. The van der Waals surface area contributed by atoms with E-state index in [2.05, 4.69) is 4.74 Å². The highest BCUT2D eigenvalue weighted by Gasteiger charge is 2.19. The van der Waals surface area contributed by atoms with Gasteiger partial charge in [-0.1, -0.05) is 6.07 Å². The number of ether oxygens (including phenoxy) is 1. The van der Waals surface area contributed by atoms with Gasteiger partial charge in [0.2, 0.25) is 0 Å². The van der Waals surface area contributed by atoms with Crippen LogP contribution in [0.5, 0.6) is 0 Å². The van der Waals surface area contributed by atoms with Crippen molar-refractivity contribution in [3.05, 3.63) is 34.6 Å². The molecule has 0 aliphatic heterocycles. The summed E-state index contributed by atoms with van der Waals surface area (Å²) in [7, 11) is 1.12. The standard InChI is InChI=1S/C10H9FN2O2/c1-15-10(14)8-6(4-12)2-3-7(5-13)9(8)11/h2-3H,5,13H2,1H3. The first kappa shape index (κ1) is 11.1. The van der Waals surface area contributed by atoms with Gasteiger partial charge in [-0.05, 0) is 6.07 Å². The Morgan fingerprint density at radius 3 is 2.80 bits per heavy atom. The van der Waals surface area contributed by atoms with Crippen LogP contribution in [-0.2, 0) is 11.3 Å². The summed E-state index contributed by atoms with van der Waals surface area (Å²) in [6.07, 6.45) is 0. The summed E-state index contributed by atoms with van der Waals surface area (Å²) in [5, 5.41) is 8.70. The number of hydrogen-bond acceptors (Lipinski definition) is 4. The topological polar surface area (TPSA) is 76.1 Å². The van der Waals surface area contributed by atoms with Crippen LogP contribution in [0.4, 0.5) is 4.39 Å². The van der Waals surface area contributed by atoms with Crippen molar-refractivity contribution in [2.45, 2.75) is 6.54 Å². The average molecular weight is 208 g/mol. The van der Waals surface area contributed by atoms with Crippen LogP contribution < -0.4 is 5.73 Å². The second-order valence-electron chi connectivity index (χ2n) is 2.77. The number of rotatable bonds is 2. The number of nitrogens with two attached hydrogens (primary N) is 1. The third-order valence-corrected chi connectivity index (χ3v) is 1.95. The molecule has 78 valence electrons. The van der Waals surface area contributed by atoms with E-state index >= 15 is 0 Å². The number of carbonyl (C=O) groups excluding carboxylic acids is 1. The fourth-order valence-electron chi connectivity index (χ4n) is 1.17. The van der Waals surface area contributed by atoms with Crippen molar-refractivity contribution in [3.8, 4) is 6.07 Å². The van der Waals surface area contributed by atoms with Crippen molar-refractivity contribution in [1.82, 2.24) is 0 Å². The predicted molar refractivity (Wildman–Crippen MR) is 50.3 cm³/mol. The van der Waals surface area contributed by atoms with Crippen LogP contribution in [0, 0.1) is 17.1 Å². The van der Waals surface area contributed by atoms with Crippen LogP contribution in [-0.4, -0.2) is 13.1 Å². The quantitative estimate of drug-likeness (QED) is 0.734. The van der Waals surface area contributed by atoms with E-state index in [1.54, 1.807) is 6.07 Å².